The van der Waals surface area contributed by atoms with Gasteiger partial charge in [-0.2, -0.15) is 0 Å². The highest BCUT2D eigenvalue weighted by atomic mass is 35.5. The Morgan fingerprint density at radius 2 is 1.85 bits per heavy atom. The molecule has 0 aliphatic carbocycles. The van der Waals surface area contributed by atoms with Crippen LogP contribution >= 0.6 is 23.2 Å². The molecule has 0 aromatic heterocycles. The molecule has 2 aromatic rings. The predicted molar refractivity (Wildman–Crippen MR) is 108 cm³/mol. The predicted octanol–water partition coefficient (Wildman–Crippen LogP) is 3.90. The minimum absolute atomic E-state index is 0.0355. The van der Waals surface area contributed by atoms with Crippen LogP contribution in [0.2, 0.25) is 10.0 Å². The molecule has 0 bridgehead atoms. The Balaban J connectivity index is 2.27. The molecule has 2 aromatic carbocycles. The number of amides is 1. The largest absolute Gasteiger partial charge is 0.495 e. The molecule has 0 spiro atoms. The summed E-state index contributed by atoms with van der Waals surface area (Å²) in [5.74, 6) is -0.141. The number of carbonyl (C=O) groups is 1. The Morgan fingerprint density at radius 3 is 2.44 bits per heavy atom. The van der Waals surface area contributed by atoms with Crippen molar-refractivity contribution in [3.05, 3.63) is 58.1 Å². The maximum Gasteiger partial charge on any atom is 0.248 e. The van der Waals surface area contributed by atoms with Gasteiger partial charge in [-0.25, -0.2) is 12.7 Å². The number of anilines is 1. The van der Waals surface area contributed by atoms with Gasteiger partial charge in [0.25, 0.3) is 0 Å². The molecule has 9 heteroatoms. The number of hydrogen-bond acceptors (Lipinski definition) is 4. The summed E-state index contributed by atoms with van der Waals surface area (Å²) >= 11 is 11.9. The van der Waals surface area contributed by atoms with E-state index in [9.17, 15) is 13.2 Å². The first-order valence-electron chi connectivity index (χ1n) is 7.70. The number of nitrogens with zero attached hydrogens (tertiary/aromatic N) is 1. The topological polar surface area (TPSA) is 75.7 Å². The van der Waals surface area contributed by atoms with Gasteiger partial charge in [-0.15, -0.1) is 0 Å². The summed E-state index contributed by atoms with van der Waals surface area (Å²) in [5, 5.41) is 3.51. The van der Waals surface area contributed by atoms with Crippen molar-refractivity contribution in [2.75, 3.05) is 26.5 Å². The minimum Gasteiger partial charge on any atom is -0.495 e. The zero-order valence-corrected chi connectivity index (χ0v) is 17.2. The molecular weight excluding hydrogens is 411 g/mol. The van der Waals surface area contributed by atoms with Crippen LogP contribution < -0.4 is 10.1 Å². The number of nitrogens with one attached hydrogen (secondary N) is 1. The van der Waals surface area contributed by atoms with Crippen LogP contribution in [0.4, 0.5) is 5.69 Å². The van der Waals surface area contributed by atoms with Gasteiger partial charge in [0, 0.05) is 30.2 Å². The summed E-state index contributed by atoms with van der Waals surface area (Å²) in [5.41, 5.74) is 0.851. The Bertz CT molecular complexity index is 989. The Hall–Kier alpha value is -2.06. The van der Waals surface area contributed by atoms with Crippen LogP contribution in [0.3, 0.4) is 0 Å². The first-order valence-corrected chi connectivity index (χ1v) is 9.89. The van der Waals surface area contributed by atoms with Gasteiger partial charge in [-0.3, -0.25) is 4.79 Å². The number of ether oxygens (including phenoxy) is 1. The lowest BCUT2D eigenvalue weighted by atomic mass is 10.2. The number of methoxy groups -OCH3 is 1. The van der Waals surface area contributed by atoms with Crippen LogP contribution in [-0.2, 0) is 14.8 Å². The number of hydrogen-bond donors (Lipinski definition) is 1. The van der Waals surface area contributed by atoms with Crippen molar-refractivity contribution in [2.24, 2.45) is 0 Å². The lowest BCUT2D eigenvalue weighted by Crippen LogP contribution is -2.22. The Morgan fingerprint density at radius 1 is 1.15 bits per heavy atom. The van der Waals surface area contributed by atoms with Crippen molar-refractivity contribution >= 4 is 50.9 Å². The van der Waals surface area contributed by atoms with Crippen LogP contribution in [-0.4, -0.2) is 39.8 Å². The molecule has 6 nitrogen and oxygen atoms in total. The number of benzene rings is 2. The number of rotatable bonds is 6. The molecule has 27 heavy (non-hydrogen) atoms. The zero-order valence-electron chi connectivity index (χ0n) is 14.9. The van der Waals surface area contributed by atoms with Gasteiger partial charge in [0.05, 0.1) is 17.7 Å². The second-order valence-corrected chi connectivity index (χ2v) is 8.63. The Kier molecular flexibility index (Phi) is 6.89. The standard InChI is InChI=1S/C18H18Cl2N2O4S/c1-22(2)27(24,25)14-7-8-17(26-3)16(11-14)21-18(23)9-5-12-4-6-13(19)10-15(12)20/h4-11H,1-3H3,(H,21,23). The molecule has 0 atom stereocenters. The van der Waals surface area contributed by atoms with Crippen LogP contribution in [0.1, 0.15) is 5.56 Å². The molecule has 0 fully saturated rings. The molecule has 0 heterocycles. The van der Waals surface area contributed by atoms with Crippen molar-refractivity contribution in [1.82, 2.24) is 4.31 Å². The molecule has 2 rings (SSSR count). The second-order valence-electron chi connectivity index (χ2n) is 5.64. The third-order valence-corrected chi connectivity index (χ3v) is 5.96. The molecule has 144 valence electrons. The van der Waals surface area contributed by atoms with Gasteiger partial charge in [-0.05, 0) is 42.0 Å². The molecular formula is C18H18Cl2N2O4S. The fourth-order valence-electron chi connectivity index (χ4n) is 2.13. The summed E-state index contributed by atoms with van der Waals surface area (Å²) in [7, 11) is 0.632. The third-order valence-electron chi connectivity index (χ3n) is 3.58. The van der Waals surface area contributed by atoms with E-state index in [1.165, 1.54) is 51.6 Å². The van der Waals surface area contributed by atoms with E-state index in [1.807, 2.05) is 0 Å². The van der Waals surface area contributed by atoms with Gasteiger partial charge >= 0.3 is 0 Å². The zero-order chi connectivity index (χ0) is 20.2. The Labute approximate surface area is 168 Å². The van der Waals surface area contributed by atoms with Gasteiger partial charge in [0.1, 0.15) is 5.75 Å². The van der Waals surface area contributed by atoms with E-state index in [-0.39, 0.29) is 10.6 Å². The summed E-state index contributed by atoms with van der Waals surface area (Å²) < 4.78 is 30.8. The van der Waals surface area contributed by atoms with Crippen molar-refractivity contribution in [1.29, 1.82) is 0 Å². The van der Waals surface area contributed by atoms with E-state index >= 15 is 0 Å². The highest BCUT2D eigenvalue weighted by Gasteiger charge is 2.19. The quantitative estimate of drug-likeness (QED) is 0.707. The smallest absolute Gasteiger partial charge is 0.248 e. The molecule has 0 radical (unpaired) electrons. The molecule has 0 saturated heterocycles. The van der Waals surface area contributed by atoms with Crippen molar-refractivity contribution < 1.29 is 17.9 Å². The normalized spacial score (nSPS) is 11.8. The molecule has 0 saturated carbocycles. The molecule has 1 amide bonds. The first-order chi connectivity index (χ1) is 12.6. The summed E-state index contributed by atoms with van der Waals surface area (Å²) in [6.45, 7) is 0. The fraction of sp³-hybridized carbons (Fsp3) is 0.167. The number of halogens is 2. The summed E-state index contributed by atoms with van der Waals surface area (Å²) in [4.78, 5) is 12.3. The molecule has 0 aliphatic heterocycles. The molecule has 1 N–H and O–H groups in total. The number of sulfonamides is 1. The van der Waals surface area contributed by atoms with E-state index in [1.54, 1.807) is 18.2 Å². The van der Waals surface area contributed by atoms with Gasteiger partial charge in [0.2, 0.25) is 15.9 Å². The lowest BCUT2D eigenvalue weighted by Gasteiger charge is -2.14. The molecule has 0 unspecified atom stereocenters. The first kappa shape index (κ1) is 21.2. The lowest BCUT2D eigenvalue weighted by molar-refractivity contribution is -0.111. The van der Waals surface area contributed by atoms with Crippen LogP contribution in [0.15, 0.2) is 47.4 Å². The van der Waals surface area contributed by atoms with Gasteiger partial charge < -0.3 is 10.1 Å². The van der Waals surface area contributed by atoms with Crippen LogP contribution in [0, 0.1) is 0 Å². The third kappa shape index (κ3) is 5.23. The summed E-state index contributed by atoms with van der Waals surface area (Å²) in [6, 6.07) is 9.14. The average Bonchev–Trinajstić information content (AvgIpc) is 2.60. The van der Waals surface area contributed by atoms with Gasteiger partial charge in [0.15, 0.2) is 0 Å². The van der Waals surface area contributed by atoms with E-state index in [0.717, 1.165) is 4.31 Å². The fourth-order valence-corrected chi connectivity index (χ4v) is 3.53. The van der Waals surface area contributed by atoms with Crippen molar-refractivity contribution in [3.63, 3.8) is 0 Å². The van der Waals surface area contributed by atoms with Crippen LogP contribution in [0.5, 0.6) is 5.75 Å². The highest BCUT2D eigenvalue weighted by Crippen LogP contribution is 2.28. The second kappa shape index (κ2) is 8.75. The summed E-state index contributed by atoms with van der Waals surface area (Å²) in [6.07, 6.45) is 2.81. The highest BCUT2D eigenvalue weighted by molar-refractivity contribution is 7.89. The maximum atomic E-state index is 12.3. The van der Waals surface area contributed by atoms with Gasteiger partial charge in [-0.1, -0.05) is 29.3 Å². The number of carbonyl (C=O) groups excluding carboxylic acids is 1. The van der Waals surface area contributed by atoms with E-state index in [0.29, 0.717) is 21.4 Å². The van der Waals surface area contributed by atoms with Crippen molar-refractivity contribution in [3.8, 4) is 5.75 Å². The SMILES string of the molecule is COc1ccc(S(=O)(=O)N(C)C)cc1NC(=O)C=Cc1ccc(Cl)cc1Cl. The average molecular weight is 429 g/mol. The van der Waals surface area contributed by atoms with E-state index in [2.05, 4.69) is 5.32 Å². The van der Waals surface area contributed by atoms with Crippen molar-refractivity contribution in [2.45, 2.75) is 4.90 Å². The van der Waals surface area contributed by atoms with E-state index in [4.69, 9.17) is 27.9 Å². The van der Waals surface area contributed by atoms with E-state index < -0.39 is 15.9 Å². The molecule has 0 aliphatic rings. The minimum atomic E-state index is -3.65. The monoisotopic (exact) mass is 428 g/mol. The maximum absolute atomic E-state index is 12.3. The van der Waals surface area contributed by atoms with Crippen LogP contribution in [0.25, 0.3) is 6.08 Å².